The minimum Gasteiger partial charge on any atom is -0.312 e. The number of hydrogen-bond acceptors (Lipinski definition) is 2. The molecule has 0 atom stereocenters. The maximum absolute atomic E-state index is 12.0. The van der Waals surface area contributed by atoms with Crippen molar-refractivity contribution in [2.24, 2.45) is 0 Å². The molecule has 0 spiro atoms. The number of aryl methyl sites for hydroxylation is 2. The molecule has 0 aromatic carbocycles. The number of ketones is 1. The molecule has 0 fully saturated rings. The number of rotatable bonds is 2. The minimum absolute atomic E-state index is 0.0886. The van der Waals surface area contributed by atoms with E-state index in [1.807, 2.05) is 13.0 Å². The van der Waals surface area contributed by atoms with E-state index in [-0.39, 0.29) is 11.3 Å². The fourth-order valence-corrected chi connectivity index (χ4v) is 2.28. The zero-order chi connectivity index (χ0) is 11.0. The van der Waals surface area contributed by atoms with E-state index in [0.29, 0.717) is 5.56 Å². The number of nitrogens with zero attached hydrogens (tertiary/aromatic N) is 1. The predicted octanol–water partition coefficient (Wildman–Crippen LogP) is 1.56. The molecular weight excluding hydrogens is 190 g/mol. The van der Waals surface area contributed by atoms with Gasteiger partial charge in [-0.2, -0.15) is 0 Å². The lowest BCUT2D eigenvalue weighted by Gasteiger charge is -2.09. The Hall–Kier alpha value is -1.38. The maximum Gasteiger partial charge on any atom is 0.261 e. The fourth-order valence-electron chi connectivity index (χ4n) is 2.28. The molecule has 0 radical (unpaired) electrons. The molecule has 0 aliphatic carbocycles. The molecule has 0 bridgehead atoms. The highest BCUT2D eigenvalue weighted by Gasteiger charge is 2.19. The van der Waals surface area contributed by atoms with Crippen LogP contribution in [-0.4, -0.2) is 10.4 Å². The average molecular weight is 205 g/mol. The molecule has 0 saturated carbocycles. The summed E-state index contributed by atoms with van der Waals surface area (Å²) in [5.74, 6) is -0.112. The first kappa shape index (κ1) is 10.1. The number of hydrogen-bond donors (Lipinski definition) is 0. The summed E-state index contributed by atoms with van der Waals surface area (Å²) in [4.78, 5) is 23.5. The molecule has 0 unspecified atom stereocenters. The Morgan fingerprint density at radius 2 is 2.27 bits per heavy atom. The summed E-state index contributed by atoms with van der Waals surface area (Å²) in [6.07, 6.45) is 2.72. The molecule has 1 aromatic heterocycles. The second-order valence-electron chi connectivity index (χ2n) is 4.01. The van der Waals surface area contributed by atoms with E-state index in [9.17, 15) is 9.59 Å². The summed E-state index contributed by atoms with van der Waals surface area (Å²) in [5, 5.41) is 0. The monoisotopic (exact) mass is 205 g/mol. The van der Waals surface area contributed by atoms with Crippen LogP contribution in [-0.2, 0) is 19.4 Å². The Bertz CT molecular complexity index is 471. The number of Topliss-reactive ketones (excluding diaryl/α,β-unsaturated/α-hetero) is 1. The van der Waals surface area contributed by atoms with Crippen molar-refractivity contribution in [1.29, 1.82) is 0 Å². The summed E-state index contributed by atoms with van der Waals surface area (Å²) < 4.78 is 1.75. The van der Waals surface area contributed by atoms with E-state index in [1.165, 1.54) is 6.92 Å². The SMILES string of the molecule is CCc1cc2n(c(=O)c1C(C)=O)CCC2. The van der Waals surface area contributed by atoms with Gasteiger partial charge in [0.05, 0.1) is 5.56 Å². The third kappa shape index (κ3) is 1.52. The maximum atomic E-state index is 12.0. The van der Waals surface area contributed by atoms with Crippen molar-refractivity contribution in [3.05, 3.63) is 33.2 Å². The molecule has 1 aliphatic rings. The van der Waals surface area contributed by atoms with E-state index in [4.69, 9.17) is 0 Å². The number of carbonyl (C=O) groups excluding carboxylic acids is 1. The Morgan fingerprint density at radius 1 is 1.53 bits per heavy atom. The van der Waals surface area contributed by atoms with E-state index in [1.54, 1.807) is 4.57 Å². The lowest BCUT2D eigenvalue weighted by molar-refractivity contribution is 0.101. The molecule has 2 heterocycles. The molecular formula is C12H15NO2. The zero-order valence-corrected chi connectivity index (χ0v) is 9.17. The van der Waals surface area contributed by atoms with Gasteiger partial charge in [-0.05, 0) is 37.8 Å². The molecule has 1 aromatic rings. The van der Waals surface area contributed by atoms with Crippen LogP contribution in [0.3, 0.4) is 0 Å². The van der Waals surface area contributed by atoms with Crippen LogP contribution in [0.2, 0.25) is 0 Å². The van der Waals surface area contributed by atoms with Crippen LogP contribution in [0.5, 0.6) is 0 Å². The number of fused-ring (bicyclic) bond motifs is 1. The van der Waals surface area contributed by atoms with Gasteiger partial charge in [0.25, 0.3) is 5.56 Å². The highest BCUT2D eigenvalue weighted by atomic mass is 16.1. The van der Waals surface area contributed by atoms with Crippen molar-refractivity contribution >= 4 is 5.78 Å². The smallest absolute Gasteiger partial charge is 0.261 e. The second-order valence-corrected chi connectivity index (χ2v) is 4.01. The van der Waals surface area contributed by atoms with E-state index < -0.39 is 0 Å². The van der Waals surface area contributed by atoms with Crippen molar-refractivity contribution in [1.82, 2.24) is 4.57 Å². The number of aromatic nitrogens is 1. The topological polar surface area (TPSA) is 39.1 Å². The number of carbonyl (C=O) groups is 1. The van der Waals surface area contributed by atoms with Crippen LogP contribution in [0, 0.1) is 0 Å². The second kappa shape index (κ2) is 3.65. The Kier molecular flexibility index (Phi) is 2.47. The van der Waals surface area contributed by atoms with E-state index in [0.717, 1.165) is 37.1 Å². The predicted molar refractivity (Wildman–Crippen MR) is 58.4 cm³/mol. The van der Waals surface area contributed by atoms with Crippen molar-refractivity contribution in [3.8, 4) is 0 Å². The Morgan fingerprint density at radius 3 is 2.87 bits per heavy atom. The van der Waals surface area contributed by atoms with Crippen LogP contribution in [0.25, 0.3) is 0 Å². The van der Waals surface area contributed by atoms with Gasteiger partial charge in [-0.3, -0.25) is 9.59 Å². The average Bonchev–Trinajstić information content (AvgIpc) is 2.64. The van der Waals surface area contributed by atoms with Gasteiger partial charge in [0.2, 0.25) is 0 Å². The van der Waals surface area contributed by atoms with Crippen molar-refractivity contribution in [3.63, 3.8) is 0 Å². The summed E-state index contributed by atoms with van der Waals surface area (Å²) in [6, 6.07) is 2.02. The quantitative estimate of drug-likeness (QED) is 0.687. The highest BCUT2D eigenvalue weighted by molar-refractivity contribution is 5.95. The van der Waals surface area contributed by atoms with Gasteiger partial charge in [0.15, 0.2) is 5.78 Å². The molecule has 0 N–H and O–H groups in total. The van der Waals surface area contributed by atoms with Gasteiger partial charge >= 0.3 is 0 Å². The largest absolute Gasteiger partial charge is 0.312 e. The first-order valence-corrected chi connectivity index (χ1v) is 5.41. The molecule has 3 heteroatoms. The Balaban J connectivity index is 2.73. The van der Waals surface area contributed by atoms with Gasteiger partial charge in [0, 0.05) is 12.2 Å². The summed E-state index contributed by atoms with van der Waals surface area (Å²) in [5.41, 5.74) is 2.29. The standard InChI is InChI=1S/C12H15NO2/c1-3-9-7-10-5-4-6-13(10)12(15)11(9)8(2)14/h7H,3-6H2,1-2H3. The Labute approximate surface area is 88.7 Å². The molecule has 0 amide bonds. The summed E-state index contributed by atoms with van der Waals surface area (Å²) in [6.45, 7) is 4.21. The highest BCUT2D eigenvalue weighted by Crippen LogP contribution is 2.16. The third-order valence-electron chi connectivity index (χ3n) is 3.02. The van der Waals surface area contributed by atoms with Crippen LogP contribution in [0.1, 0.15) is 41.9 Å². The summed E-state index contributed by atoms with van der Waals surface area (Å²) in [7, 11) is 0. The van der Waals surface area contributed by atoms with Gasteiger partial charge in [-0.25, -0.2) is 0 Å². The minimum atomic E-state index is -0.112. The van der Waals surface area contributed by atoms with Gasteiger partial charge < -0.3 is 4.57 Å². The van der Waals surface area contributed by atoms with Crippen molar-refractivity contribution < 1.29 is 4.79 Å². The lowest BCUT2D eigenvalue weighted by atomic mass is 10.0. The third-order valence-corrected chi connectivity index (χ3v) is 3.02. The normalized spacial score (nSPS) is 14.0. The first-order chi connectivity index (χ1) is 7.15. The van der Waals surface area contributed by atoms with Gasteiger partial charge in [-0.1, -0.05) is 6.92 Å². The molecule has 15 heavy (non-hydrogen) atoms. The van der Waals surface area contributed by atoms with Crippen LogP contribution in [0.15, 0.2) is 10.9 Å². The molecule has 2 rings (SSSR count). The molecule has 0 saturated heterocycles. The molecule has 3 nitrogen and oxygen atoms in total. The van der Waals surface area contributed by atoms with Crippen molar-refractivity contribution in [2.75, 3.05) is 0 Å². The molecule has 80 valence electrons. The van der Waals surface area contributed by atoms with Crippen molar-refractivity contribution in [2.45, 2.75) is 39.7 Å². The van der Waals surface area contributed by atoms with Crippen LogP contribution >= 0.6 is 0 Å². The van der Waals surface area contributed by atoms with Gasteiger partial charge in [0.1, 0.15) is 0 Å². The van der Waals surface area contributed by atoms with E-state index >= 15 is 0 Å². The first-order valence-electron chi connectivity index (χ1n) is 5.41. The fraction of sp³-hybridized carbons (Fsp3) is 0.500. The molecule has 1 aliphatic heterocycles. The zero-order valence-electron chi connectivity index (χ0n) is 9.17. The van der Waals surface area contributed by atoms with E-state index in [2.05, 4.69) is 0 Å². The van der Waals surface area contributed by atoms with Crippen LogP contribution in [0.4, 0.5) is 0 Å². The van der Waals surface area contributed by atoms with Gasteiger partial charge in [-0.15, -0.1) is 0 Å². The lowest BCUT2D eigenvalue weighted by Crippen LogP contribution is -2.27. The van der Waals surface area contributed by atoms with Crippen LogP contribution < -0.4 is 5.56 Å². The summed E-state index contributed by atoms with van der Waals surface area (Å²) >= 11 is 0. The number of pyridine rings is 1.